The highest BCUT2D eigenvalue weighted by atomic mass is 28.2. The largest absolute Gasteiger partial charge is 0.302 e. The lowest BCUT2D eigenvalue weighted by Gasteiger charge is -2.55. The molecule has 0 N–H and O–H groups in total. The van der Waals surface area contributed by atoms with E-state index in [1.807, 2.05) is 0 Å². The van der Waals surface area contributed by atoms with Gasteiger partial charge in [-0.25, -0.2) is 0 Å². The van der Waals surface area contributed by atoms with E-state index in [0.717, 1.165) is 12.2 Å². The number of hydrogen-bond acceptors (Lipinski definition) is 2. The van der Waals surface area contributed by atoms with E-state index in [1.165, 1.54) is 77.2 Å². The summed E-state index contributed by atoms with van der Waals surface area (Å²) in [4.78, 5) is 0. The van der Waals surface area contributed by atoms with Crippen molar-refractivity contribution in [2.24, 2.45) is 0 Å². The fraction of sp³-hybridized carbons (Fsp3) is 1.00. The Balaban J connectivity index is 1.78. The zero-order chi connectivity index (χ0) is 13.5. The molecule has 112 valence electrons. The summed E-state index contributed by atoms with van der Waals surface area (Å²) in [5.41, 5.74) is 0. The Labute approximate surface area is 122 Å². The number of rotatable bonds is 8. The van der Waals surface area contributed by atoms with Crippen molar-refractivity contribution in [3.63, 3.8) is 0 Å². The third-order valence-electron chi connectivity index (χ3n) is 5.06. The summed E-state index contributed by atoms with van der Waals surface area (Å²) in [5.74, 6) is 0. The highest BCUT2D eigenvalue weighted by Gasteiger charge is 2.39. The van der Waals surface area contributed by atoms with E-state index in [2.05, 4.69) is 23.0 Å². The second kappa shape index (κ2) is 8.43. The van der Waals surface area contributed by atoms with Crippen LogP contribution in [0.3, 0.4) is 0 Å². The first kappa shape index (κ1) is 15.5. The van der Waals surface area contributed by atoms with E-state index in [9.17, 15) is 0 Å². The Morgan fingerprint density at radius 2 is 1.68 bits per heavy atom. The molecule has 2 nitrogen and oxygen atoms in total. The zero-order valence-electron chi connectivity index (χ0n) is 13.2. The molecule has 3 heteroatoms. The van der Waals surface area contributed by atoms with Crippen molar-refractivity contribution in [3.8, 4) is 0 Å². The van der Waals surface area contributed by atoms with Crippen molar-refractivity contribution >= 4 is 9.84 Å². The fourth-order valence-electron chi connectivity index (χ4n) is 3.80. The van der Waals surface area contributed by atoms with E-state index in [0.29, 0.717) is 0 Å². The molecular weight excluding hydrogens is 248 g/mol. The summed E-state index contributed by atoms with van der Waals surface area (Å²) in [5, 5.41) is 0. The van der Waals surface area contributed by atoms with Crippen LogP contribution in [-0.2, 0) is 0 Å². The van der Waals surface area contributed by atoms with Crippen LogP contribution in [-0.4, -0.2) is 37.7 Å². The Morgan fingerprint density at radius 3 is 2.37 bits per heavy atom. The Kier molecular flexibility index (Phi) is 6.89. The lowest BCUT2D eigenvalue weighted by Crippen LogP contribution is -2.69. The van der Waals surface area contributed by atoms with Gasteiger partial charge in [-0.3, -0.25) is 4.57 Å². The van der Waals surface area contributed by atoms with Gasteiger partial charge in [0.1, 0.15) is 0 Å². The van der Waals surface area contributed by atoms with Gasteiger partial charge >= 0.3 is 0 Å². The van der Waals surface area contributed by atoms with Crippen LogP contribution in [0.1, 0.15) is 84.5 Å². The van der Waals surface area contributed by atoms with Gasteiger partial charge in [-0.2, -0.15) is 0 Å². The summed E-state index contributed by atoms with van der Waals surface area (Å²) in [6.07, 6.45) is 16.8. The first-order chi connectivity index (χ1) is 9.36. The van der Waals surface area contributed by atoms with Gasteiger partial charge in [0.2, 0.25) is 0 Å². The predicted molar refractivity (Wildman–Crippen MR) is 86.8 cm³/mol. The molecule has 0 radical (unpaired) electrons. The van der Waals surface area contributed by atoms with Crippen LogP contribution in [0.4, 0.5) is 0 Å². The van der Waals surface area contributed by atoms with Crippen LogP contribution in [0.2, 0.25) is 0 Å². The van der Waals surface area contributed by atoms with Crippen molar-refractivity contribution in [1.82, 2.24) is 9.13 Å². The van der Waals surface area contributed by atoms with Gasteiger partial charge in [-0.05, 0) is 32.2 Å². The fourth-order valence-corrected chi connectivity index (χ4v) is 6.06. The molecule has 2 aliphatic rings. The van der Waals surface area contributed by atoms with Gasteiger partial charge in [0.15, 0.2) is 9.84 Å². The number of hydrogen-bond donors (Lipinski definition) is 0. The van der Waals surface area contributed by atoms with Crippen LogP contribution in [0.15, 0.2) is 0 Å². The summed E-state index contributed by atoms with van der Waals surface area (Å²) in [7, 11) is -0.0486. The second-order valence-corrected chi connectivity index (χ2v) is 8.42. The van der Waals surface area contributed by atoms with Crippen molar-refractivity contribution in [2.75, 3.05) is 6.54 Å². The molecule has 0 spiro atoms. The Morgan fingerprint density at radius 1 is 0.947 bits per heavy atom. The number of nitrogens with zero attached hydrogens (tertiary/aromatic N) is 2. The molecule has 2 fully saturated rings. The maximum Gasteiger partial charge on any atom is 0.175 e. The van der Waals surface area contributed by atoms with E-state index >= 15 is 0 Å². The van der Waals surface area contributed by atoms with Crippen molar-refractivity contribution in [3.05, 3.63) is 0 Å². The zero-order valence-corrected chi connectivity index (χ0v) is 14.7. The maximum absolute atomic E-state index is 2.97. The quantitative estimate of drug-likeness (QED) is 0.495. The first-order valence-corrected chi connectivity index (χ1v) is 10.1. The Hall–Kier alpha value is 0.137. The minimum absolute atomic E-state index is 0.0486. The average molecular weight is 283 g/mol. The van der Waals surface area contributed by atoms with Crippen molar-refractivity contribution < 1.29 is 0 Å². The van der Waals surface area contributed by atoms with E-state index in [4.69, 9.17) is 0 Å². The van der Waals surface area contributed by atoms with E-state index < -0.39 is 0 Å². The molecule has 1 atom stereocenters. The molecule has 1 saturated heterocycles. The summed E-state index contributed by atoms with van der Waals surface area (Å²) < 4.78 is 5.86. The molecule has 1 saturated carbocycles. The molecule has 0 aromatic rings. The molecular formula is C16H34N2Si. The van der Waals surface area contributed by atoms with E-state index in [1.54, 1.807) is 0 Å². The minimum Gasteiger partial charge on any atom is -0.302 e. The van der Waals surface area contributed by atoms with Crippen molar-refractivity contribution in [1.29, 1.82) is 0 Å². The maximum atomic E-state index is 2.97. The third-order valence-corrected chi connectivity index (χ3v) is 7.42. The second-order valence-electron chi connectivity index (χ2n) is 6.59. The van der Waals surface area contributed by atoms with Gasteiger partial charge in [0.25, 0.3) is 0 Å². The lowest BCUT2D eigenvalue weighted by molar-refractivity contribution is 0.0364. The average Bonchev–Trinajstić information content (AvgIpc) is 2.43. The first-order valence-electron chi connectivity index (χ1n) is 8.86. The monoisotopic (exact) mass is 282 g/mol. The predicted octanol–water partition coefficient (Wildman–Crippen LogP) is 3.64. The molecule has 2 rings (SSSR count). The van der Waals surface area contributed by atoms with E-state index in [-0.39, 0.29) is 9.84 Å². The van der Waals surface area contributed by atoms with Gasteiger partial charge in [0, 0.05) is 6.04 Å². The van der Waals surface area contributed by atoms with Crippen LogP contribution < -0.4 is 0 Å². The van der Waals surface area contributed by atoms with Crippen molar-refractivity contribution in [2.45, 2.75) is 96.7 Å². The van der Waals surface area contributed by atoms with Crippen LogP contribution in [0.25, 0.3) is 0 Å². The lowest BCUT2D eigenvalue weighted by atomic mass is 9.95. The minimum atomic E-state index is -0.0486. The summed E-state index contributed by atoms with van der Waals surface area (Å²) >= 11 is 0. The molecule has 1 aliphatic carbocycles. The summed E-state index contributed by atoms with van der Waals surface area (Å²) in [6, 6.07) is 0.977. The van der Waals surface area contributed by atoms with Gasteiger partial charge < -0.3 is 4.57 Å². The molecule has 0 amide bonds. The topological polar surface area (TPSA) is 6.48 Å². The molecule has 1 heterocycles. The molecule has 19 heavy (non-hydrogen) atoms. The Bertz CT molecular complexity index is 241. The molecule has 0 aromatic heterocycles. The third kappa shape index (κ3) is 4.30. The van der Waals surface area contributed by atoms with Crippen LogP contribution in [0.5, 0.6) is 0 Å². The van der Waals surface area contributed by atoms with Gasteiger partial charge in [-0.15, -0.1) is 0 Å². The van der Waals surface area contributed by atoms with Crippen LogP contribution >= 0.6 is 0 Å². The smallest absolute Gasteiger partial charge is 0.175 e. The SMILES string of the molecule is CCCCCN1[SiH2]N(C2CCCCC2)C1CCCC. The molecule has 1 unspecified atom stereocenters. The highest BCUT2D eigenvalue weighted by Crippen LogP contribution is 2.31. The summed E-state index contributed by atoms with van der Waals surface area (Å²) in [6.45, 7) is 6.05. The molecule has 1 aliphatic heterocycles. The molecule has 0 bridgehead atoms. The van der Waals surface area contributed by atoms with Crippen LogP contribution in [0, 0.1) is 0 Å². The standard InChI is InChI=1S/C16H34N2Si/c1-3-5-10-14-17-16(13-6-4-2)18(19-17)15-11-8-7-9-12-15/h15-16H,3-14,19H2,1-2H3. The van der Waals surface area contributed by atoms with Gasteiger partial charge in [0.05, 0.1) is 6.17 Å². The van der Waals surface area contributed by atoms with Gasteiger partial charge in [-0.1, -0.05) is 58.8 Å². The number of unbranched alkanes of at least 4 members (excludes halogenated alkanes) is 3. The highest BCUT2D eigenvalue weighted by molar-refractivity contribution is 6.32. The normalized spacial score (nSPS) is 27.8. The molecule has 0 aromatic carbocycles.